The molecule has 0 aliphatic heterocycles. The van der Waals surface area contributed by atoms with Crippen LogP contribution in [0.15, 0.2) is 71.6 Å². The van der Waals surface area contributed by atoms with E-state index in [-0.39, 0.29) is 34.8 Å². The number of nitrogens with one attached hydrogen (secondary N) is 1. The average Bonchev–Trinajstić information content (AvgIpc) is 3.07. The van der Waals surface area contributed by atoms with Crippen LogP contribution in [0.2, 0.25) is 0 Å². The van der Waals surface area contributed by atoms with Crippen LogP contribution in [0.4, 0.5) is 5.69 Å². The quantitative estimate of drug-likeness (QED) is 0.215. The summed E-state index contributed by atoms with van der Waals surface area (Å²) in [6.07, 6.45) is 1.02. The van der Waals surface area contributed by atoms with E-state index < -0.39 is 28.5 Å². The molecule has 0 saturated heterocycles. The summed E-state index contributed by atoms with van der Waals surface area (Å²) in [4.78, 5) is 29.2. The summed E-state index contributed by atoms with van der Waals surface area (Å²) in [7, 11) is 0.0744. The third-order valence-corrected chi connectivity index (χ3v) is 9.30. The highest BCUT2D eigenvalue weighted by Gasteiger charge is 2.34. The van der Waals surface area contributed by atoms with Crippen molar-refractivity contribution in [1.29, 1.82) is 0 Å². The average molecular weight is 656 g/mol. The Balaban J connectivity index is 2.12. The minimum absolute atomic E-state index is 0.0516. The second-order valence-electron chi connectivity index (χ2n) is 10.6. The number of ether oxygens (including phenoxy) is 4. The molecule has 0 aliphatic rings. The van der Waals surface area contributed by atoms with Gasteiger partial charge in [-0.2, -0.15) is 0 Å². The predicted molar refractivity (Wildman–Crippen MR) is 177 cm³/mol. The normalized spacial score (nSPS) is 12.4. The van der Waals surface area contributed by atoms with Gasteiger partial charge >= 0.3 is 0 Å². The van der Waals surface area contributed by atoms with Crippen LogP contribution < -0.4 is 28.6 Å². The Kier molecular flexibility index (Phi) is 13.1. The van der Waals surface area contributed by atoms with Crippen LogP contribution in [-0.2, 0) is 26.2 Å². The van der Waals surface area contributed by atoms with Crippen molar-refractivity contribution in [2.24, 2.45) is 0 Å². The number of hydrogen-bond acceptors (Lipinski definition) is 8. The maximum absolute atomic E-state index is 14.4. The van der Waals surface area contributed by atoms with Gasteiger partial charge in [0.25, 0.3) is 10.0 Å². The molecule has 0 fully saturated rings. The number of benzene rings is 3. The van der Waals surface area contributed by atoms with Crippen LogP contribution in [0.5, 0.6) is 23.0 Å². The lowest BCUT2D eigenvalue weighted by molar-refractivity contribution is -0.140. The van der Waals surface area contributed by atoms with E-state index in [1.165, 1.54) is 37.3 Å². The van der Waals surface area contributed by atoms with E-state index in [2.05, 4.69) is 5.32 Å². The number of carbonyl (C=O) groups is 2. The molecular formula is C34H45N3O8S. The van der Waals surface area contributed by atoms with Gasteiger partial charge in [0.15, 0.2) is 11.5 Å². The third-order valence-electron chi connectivity index (χ3n) is 7.53. The van der Waals surface area contributed by atoms with Gasteiger partial charge < -0.3 is 29.2 Å². The molecule has 3 aromatic rings. The number of carbonyl (C=O) groups excluding carboxylic acids is 2. The summed E-state index contributed by atoms with van der Waals surface area (Å²) in [5.74, 6) is 0.833. The van der Waals surface area contributed by atoms with E-state index in [0.717, 1.165) is 9.87 Å². The van der Waals surface area contributed by atoms with Gasteiger partial charge in [-0.1, -0.05) is 26.0 Å². The van der Waals surface area contributed by atoms with Crippen molar-refractivity contribution in [3.63, 3.8) is 0 Å². The Morgan fingerprint density at radius 3 is 2.11 bits per heavy atom. The molecule has 250 valence electrons. The number of methoxy groups -OCH3 is 3. The second kappa shape index (κ2) is 16.7. The molecule has 0 bridgehead atoms. The molecule has 0 radical (unpaired) electrons. The highest BCUT2D eigenvalue weighted by molar-refractivity contribution is 7.92. The first kappa shape index (κ1) is 36.0. The Morgan fingerprint density at radius 2 is 1.52 bits per heavy atom. The fraction of sp³-hybridized carbons (Fsp3) is 0.412. The largest absolute Gasteiger partial charge is 0.497 e. The number of nitrogens with zero attached hydrogens (tertiary/aromatic N) is 2. The molecule has 3 aromatic carbocycles. The van der Waals surface area contributed by atoms with Crippen molar-refractivity contribution in [1.82, 2.24) is 10.2 Å². The maximum atomic E-state index is 14.4. The molecule has 0 unspecified atom stereocenters. The van der Waals surface area contributed by atoms with Gasteiger partial charge in [-0.25, -0.2) is 8.42 Å². The molecule has 46 heavy (non-hydrogen) atoms. The fourth-order valence-electron chi connectivity index (χ4n) is 4.84. The predicted octanol–water partition coefficient (Wildman–Crippen LogP) is 5.03. The van der Waals surface area contributed by atoms with Gasteiger partial charge in [0.1, 0.15) is 24.1 Å². The number of amides is 2. The molecule has 3 rings (SSSR count). The summed E-state index contributed by atoms with van der Waals surface area (Å²) >= 11 is 0. The van der Waals surface area contributed by atoms with Crippen molar-refractivity contribution in [2.45, 2.75) is 64.1 Å². The molecule has 1 N–H and O–H groups in total. The van der Waals surface area contributed by atoms with Crippen molar-refractivity contribution >= 4 is 27.5 Å². The lowest BCUT2D eigenvalue weighted by Crippen LogP contribution is -2.53. The Hall–Kier alpha value is -4.45. The summed E-state index contributed by atoms with van der Waals surface area (Å²) in [5, 5.41) is 2.98. The molecule has 0 saturated carbocycles. The standard InChI is InChI=1S/C34H45N3O8S/c1-8-24(4)35-34(39)30(9-2)36(22-25-12-11-13-28(20-25)42-5)33(38)23-37(26-14-16-27(17-15-26)45-10-3)46(40,41)29-18-19-31(43-6)32(21-29)44-7/h11-21,24,30H,8-10,22-23H2,1-7H3,(H,35,39)/t24-,30-/m0/s1. The zero-order valence-electron chi connectivity index (χ0n) is 27.6. The Morgan fingerprint density at radius 1 is 0.826 bits per heavy atom. The number of hydrogen-bond donors (Lipinski definition) is 1. The summed E-state index contributed by atoms with van der Waals surface area (Å²) in [6.45, 7) is 7.41. The van der Waals surface area contributed by atoms with Gasteiger partial charge in [-0.05, 0) is 80.8 Å². The third kappa shape index (κ3) is 8.84. The van der Waals surface area contributed by atoms with E-state index in [0.29, 0.717) is 36.7 Å². The molecule has 0 spiro atoms. The molecule has 0 heterocycles. The SMILES string of the molecule is CCOc1ccc(N(CC(=O)N(Cc2cccc(OC)c2)[C@@H](CC)C(=O)N[C@@H](C)CC)S(=O)(=O)c2ccc(OC)c(OC)c2)cc1. The summed E-state index contributed by atoms with van der Waals surface area (Å²) < 4.78 is 51.2. The molecule has 2 atom stereocenters. The zero-order chi connectivity index (χ0) is 33.9. The van der Waals surface area contributed by atoms with Gasteiger partial charge in [0.2, 0.25) is 11.8 Å². The molecular weight excluding hydrogens is 610 g/mol. The van der Waals surface area contributed by atoms with E-state index in [1.54, 1.807) is 49.6 Å². The van der Waals surface area contributed by atoms with Gasteiger partial charge in [-0.15, -0.1) is 0 Å². The Bertz CT molecular complexity index is 1560. The monoisotopic (exact) mass is 655 g/mol. The van der Waals surface area contributed by atoms with Gasteiger partial charge in [0, 0.05) is 18.7 Å². The zero-order valence-corrected chi connectivity index (χ0v) is 28.4. The minimum atomic E-state index is -4.34. The van der Waals surface area contributed by atoms with Crippen LogP contribution in [0.25, 0.3) is 0 Å². The smallest absolute Gasteiger partial charge is 0.264 e. The Labute approximate surface area is 272 Å². The fourth-order valence-corrected chi connectivity index (χ4v) is 6.27. The summed E-state index contributed by atoms with van der Waals surface area (Å²) in [6, 6.07) is 16.9. The van der Waals surface area contributed by atoms with Gasteiger partial charge in [-0.3, -0.25) is 13.9 Å². The maximum Gasteiger partial charge on any atom is 0.264 e. The summed E-state index contributed by atoms with van der Waals surface area (Å²) in [5.41, 5.74) is 0.961. The van der Waals surface area contributed by atoms with Gasteiger partial charge in [0.05, 0.1) is 38.5 Å². The topological polar surface area (TPSA) is 124 Å². The van der Waals surface area contributed by atoms with Crippen molar-refractivity contribution in [3.8, 4) is 23.0 Å². The first-order valence-corrected chi connectivity index (χ1v) is 16.7. The number of sulfonamides is 1. The first-order valence-electron chi connectivity index (χ1n) is 15.2. The van der Waals surface area contributed by atoms with E-state index >= 15 is 0 Å². The van der Waals surface area contributed by atoms with Crippen molar-refractivity contribution in [3.05, 3.63) is 72.3 Å². The minimum Gasteiger partial charge on any atom is -0.497 e. The van der Waals surface area contributed by atoms with Crippen LogP contribution in [0, 0.1) is 0 Å². The van der Waals surface area contributed by atoms with E-state index in [9.17, 15) is 18.0 Å². The van der Waals surface area contributed by atoms with Crippen molar-refractivity contribution in [2.75, 3.05) is 38.8 Å². The first-order chi connectivity index (χ1) is 22.0. The van der Waals surface area contributed by atoms with Crippen molar-refractivity contribution < 1.29 is 37.0 Å². The lowest BCUT2D eigenvalue weighted by atomic mass is 10.1. The molecule has 11 nitrogen and oxygen atoms in total. The van der Waals surface area contributed by atoms with Crippen LogP contribution in [0.3, 0.4) is 0 Å². The van der Waals surface area contributed by atoms with Crippen LogP contribution in [0.1, 0.15) is 46.1 Å². The molecule has 0 aromatic heterocycles. The molecule has 0 aliphatic carbocycles. The highest BCUT2D eigenvalue weighted by Crippen LogP contribution is 2.33. The lowest BCUT2D eigenvalue weighted by Gasteiger charge is -2.34. The number of rotatable bonds is 17. The highest BCUT2D eigenvalue weighted by atomic mass is 32.2. The van der Waals surface area contributed by atoms with Crippen LogP contribution in [-0.4, -0.2) is 71.7 Å². The second-order valence-corrected chi connectivity index (χ2v) is 12.4. The van der Waals surface area contributed by atoms with Crippen LogP contribution >= 0.6 is 0 Å². The van der Waals surface area contributed by atoms with E-state index in [1.807, 2.05) is 33.8 Å². The molecule has 12 heteroatoms. The number of anilines is 1. The molecule has 2 amide bonds. The van der Waals surface area contributed by atoms with E-state index in [4.69, 9.17) is 18.9 Å².